The molecule has 1 aliphatic heterocycles. The molecule has 0 radical (unpaired) electrons. The number of aryl methyl sites for hydroxylation is 3. The maximum Gasteiger partial charge on any atom is 0.416 e. The van der Waals surface area contributed by atoms with Gasteiger partial charge in [-0.15, -0.1) is 0 Å². The number of hydrogen-bond acceptors (Lipinski definition) is 4. The summed E-state index contributed by atoms with van der Waals surface area (Å²) in [6.45, 7) is 4.91. The number of alkyl halides is 3. The van der Waals surface area contributed by atoms with Crippen LogP contribution in [0.4, 0.5) is 22.0 Å². The number of halogens is 5. The van der Waals surface area contributed by atoms with Gasteiger partial charge in [-0.05, 0) is 72.7 Å². The first-order chi connectivity index (χ1) is 23.9. The molecule has 50 heavy (non-hydrogen) atoms. The van der Waals surface area contributed by atoms with Gasteiger partial charge in [-0.1, -0.05) is 55.5 Å². The number of rotatable bonds is 10. The largest absolute Gasteiger partial charge is 0.416 e. The van der Waals surface area contributed by atoms with Crippen molar-refractivity contribution in [3.8, 4) is 11.1 Å². The molecule has 1 saturated heterocycles. The Labute approximate surface area is 286 Å². The van der Waals surface area contributed by atoms with Crippen LogP contribution in [-0.2, 0) is 43.9 Å². The summed E-state index contributed by atoms with van der Waals surface area (Å²) in [4.78, 5) is 31.7. The van der Waals surface area contributed by atoms with Gasteiger partial charge in [0.05, 0.1) is 11.1 Å². The van der Waals surface area contributed by atoms with Crippen molar-refractivity contribution < 1.29 is 26.7 Å². The summed E-state index contributed by atoms with van der Waals surface area (Å²) in [5.41, 5.74) is 2.59. The molecule has 6 rings (SSSR count). The Kier molecular flexibility index (Phi) is 10.2. The van der Waals surface area contributed by atoms with Gasteiger partial charge in [0, 0.05) is 50.7 Å². The number of carbonyl (C=O) groups excluding carboxylic acids is 1. The Hall–Kier alpha value is -4.84. The summed E-state index contributed by atoms with van der Waals surface area (Å²) < 4.78 is 71.0. The number of likely N-dealkylation sites (tertiary alicyclic amines) is 1. The highest BCUT2D eigenvalue weighted by molar-refractivity contribution is 5.81. The minimum absolute atomic E-state index is 0.0477. The van der Waals surface area contributed by atoms with E-state index in [1.165, 1.54) is 35.0 Å². The molecular formula is C38H38F5N5O2. The van der Waals surface area contributed by atoms with Crippen molar-refractivity contribution in [1.29, 1.82) is 0 Å². The van der Waals surface area contributed by atoms with Gasteiger partial charge in [0.1, 0.15) is 6.54 Å². The quantitative estimate of drug-likeness (QED) is 0.148. The lowest BCUT2D eigenvalue weighted by Crippen LogP contribution is -2.48. The number of carbonyl (C=O) groups is 1. The second-order valence-corrected chi connectivity index (χ2v) is 12.8. The highest BCUT2D eigenvalue weighted by atomic mass is 19.4. The Morgan fingerprint density at radius 3 is 2.24 bits per heavy atom. The predicted octanol–water partition coefficient (Wildman–Crippen LogP) is 7.00. The molecule has 7 nitrogen and oxygen atoms in total. The second kappa shape index (κ2) is 14.6. The van der Waals surface area contributed by atoms with Crippen LogP contribution in [0.2, 0.25) is 0 Å². The third-order valence-electron chi connectivity index (χ3n) is 9.57. The lowest BCUT2D eigenvalue weighted by molar-refractivity contribution is -0.137. The van der Waals surface area contributed by atoms with Crippen molar-refractivity contribution in [3.05, 3.63) is 123 Å². The molecule has 2 aromatic heterocycles. The molecule has 0 atom stereocenters. The molecule has 0 unspecified atom stereocenters. The lowest BCUT2D eigenvalue weighted by atomic mass is 10.00. The van der Waals surface area contributed by atoms with E-state index >= 15 is 0 Å². The van der Waals surface area contributed by atoms with Gasteiger partial charge in [0.25, 0.3) is 0 Å². The summed E-state index contributed by atoms with van der Waals surface area (Å²) in [6.07, 6.45) is -0.867. The van der Waals surface area contributed by atoms with Crippen molar-refractivity contribution in [3.63, 3.8) is 0 Å². The Bertz CT molecular complexity index is 2030. The van der Waals surface area contributed by atoms with Crippen LogP contribution < -0.4 is 5.43 Å². The smallest absolute Gasteiger partial charge is 0.334 e. The molecule has 1 amide bonds. The Morgan fingerprint density at radius 2 is 1.60 bits per heavy atom. The Balaban J connectivity index is 1.29. The zero-order valence-corrected chi connectivity index (χ0v) is 27.9. The van der Waals surface area contributed by atoms with Crippen LogP contribution in [0.15, 0.2) is 83.8 Å². The second-order valence-electron chi connectivity index (χ2n) is 12.8. The van der Waals surface area contributed by atoms with Gasteiger partial charge >= 0.3 is 6.18 Å². The van der Waals surface area contributed by atoms with E-state index in [2.05, 4.69) is 16.9 Å². The molecule has 1 aliphatic rings. The average molecular weight is 692 g/mol. The van der Waals surface area contributed by atoms with Gasteiger partial charge in [-0.2, -0.15) is 18.3 Å². The SMILES string of the molecule is CCN1CCC(N(Cc2ccc(-c3ccc(C(F)(F)F)cc3)cc2)C(=O)Cn2c(CCc3cccc(F)c3F)cc(=O)c3nn(C)cc32)CC1. The van der Waals surface area contributed by atoms with Crippen LogP contribution in [0.5, 0.6) is 0 Å². The molecule has 1 fully saturated rings. The van der Waals surface area contributed by atoms with Crippen molar-refractivity contribution in [2.24, 2.45) is 7.05 Å². The monoisotopic (exact) mass is 691 g/mol. The number of hydrogen-bond donors (Lipinski definition) is 0. The van der Waals surface area contributed by atoms with E-state index in [0.29, 0.717) is 23.3 Å². The minimum atomic E-state index is -4.41. The standard InChI is InChI=1S/C38H38F5N5O2/c1-3-46-19-17-30(18-20-46)48(22-25-7-9-26(10-8-25)27-11-14-29(15-12-27)38(41,42)43)35(50)24-47-31(16-13-28-5-4-6-32(39)36(28)40)21-34(49)37-33(47)23-45(2)44-37/h4-12,14-15,21,23,30H,3,13,16-20,22,24H2,1-2H3. The first-order valence-electron chi connectivity index (χ1n) is 16.7. The summed E-state index contributed by atoms with van der Waals surface area (Å²) in [5.74, 6) is -2.05. The maximum absolute atomic E-state index is 14.5. The molecule has 3 aromatic carbocycles. The normalized spacial score (nSPS) is 14.4. The van der Waals surface area contributed by atoms with Crippen LogP contribution in [-0.4, -0.2) is 55.7 Å². The van der Waals surface area contributed by atoms with Crippen molar-refractivity contribution in [1.82, 2.24) is 24.1 Å². The molecular weight excluding hydrogens is 653 g/mol. The van der Waals surface area contributed by atoms with Gasteiger partial charge in [0.2, 0.25) is 11.3 Å². The summed E-state index contributed by atoms with van der Waals surface area (Å²) in [5, 5.41) is 4.32. The number of aromatic nitrogens is 3. The Morgan fingerprint density at radius 1 is 0.940 bits per heavy atom. The average Bonchev–Trinajstić information content (AvgIpc) is 3.51. The van der Waals surface area contributed by atoms with Gasteiger partial charge in [0.15, 0.2) is 17.2 Å². The van der Waals surface area contributed by atoms with E-state index in [1.54, 1.807) is 17.8 Å². The summed E-state index contributed by atoms with van der Waals surface area (Å²) in [6, 6.07) is 17.8. The molecule has 3 heterocycles. The third-order valence-corrected chi connectivity index (χ3v) is 9.57. The van der Waals surface area contributed by atoms with E-state index in [0.717, 1.165) is 61.8 Å². The fraction of sp³-hybridized carbons (Fsp3) is 0.342. The fourth-order valence-corrected chi connectivity index (χ4v) is 6.74. The van der Waals surface area contributed by atoms with E-state index in [1.807, 2.05) is 29.2 Å². The number of fused-ring (bicyclic) bond motifs is 1. The zero-order valence-electron chi connectivity index (χ0n) is 27.9. The van der Waals surface area contributed by atoms with Crippen LogP contribution >= 0.6 is 0 Å². The van der Waals surface area contributed by atoms with Crippen LogP contribution in [0.3, 0.4) is 0 Å². The predicted molar refractivity (Wildman–Crippen MR) is 181 cm³/mol. The van der Waals surface area contributed by atoms with E-state index in [-0.39, 0.29) is 47.8 Å². The number of pyridine rings is 1. The molecule has 0 saturated carbocycles. The topological polar surface area (TPSA) is 63.4 Å². The van der Waals surface area contributed by atoms with Gasteiger partial charge in [-0.3, -0.25) is 14.3 Å². The number of nitrogens with zero attached hydrogens (tertiary/aromatic N) is 5. The third kappa shape index (κ3) is 7.65. The molecule has 0 bridgehead atoms. The molecule has 262 valence electrons. The van der Waals surface area contributed by atoms with E-state index in [9.17, 15) is 31.5 Å². The van der Waals surface area contributed by atoms with Gasteiger partial charge in [-0.25, -0.2) is 8.78 Å². The summed E-state index contributed by atoms with van der Waals surface area (Å²) >= 11 is 0. The van der Waals surface area contributed by atoms with Crippen LogP contribution in [0.1, 0.15) is 42.1 Å². The van der Waals surface area contributed by atoms with Crippen LogP contribution in [0.25, 0.3) is 22.2 Å². The van der Waals surface area contributed by atoms with Crippen LogP contribution in [0, 0.1) is 11.6 Å². The van der Waals surface area contributed by atoms with Crippen molar-refractivity contribution in [2.75, 3.05) is 19.6 Å². The maximum atomic E-state index is 14.5. The fourth-order valence-electron chi connectivity index (χ4n) is 6.74. The molecule has 5 aromatic rings. The summed E-state index contributed by atoms with van der Waals surface area (Å²) in [7, 11) is 1.69. The number of amides is 1. The van der Waals surface area contributed by atoms with E-state index in [4.69, 9.17) is 0 Å². The lowest BCUT2D eigenvalue weighted by Gasteiger charge is -2.38. The zero-order chi connectivity index (χ0) is 35.6. The molecule has 0 aliphatic carbocycles. The number of piperidine rings is 1. The first kappa shape index (κ1) is 35.0. The molecule has 0 spiro atoms. The minimum Gasteiger partial charge on any atom is -0.334 e. The molecule has 0 N–H and O–H groups in total. The van der Waals surface area contributed by atoms with Crippen molar-refractivity contribution in [2.45, 2.75) is 57.9 Å². The highest BCUT2D eigenvalue weighted by Gasteiger charge is 2.31. The van der Waals surface area contributed by atoms with Crippen molar-refractivity contribution >= 4 is 16.9 Å². The molecule has 12 heteroatoms. The number of benzene rings is 3. The highest BCUT2D eigenvalue weighted by Crippen LogP contribution is 2.31. The van der Waals surface area contributed by atoms with E-state index < -0.39 is 23.4 Å². The van der Waals surface area contributed by atoms with Gasteiger partial charge < -0.3 is 14.4 Å². The first-order valence-corrected chi connectivity index (χ1v) is 16.7.